The second-order valence-electron chi connectivity index (χ2n) is 4.55. The Morgan fingerprint density at radius 2 is 2.00 bits per heavy atom. The maximum absolute atomic E-state index is 11.4. The summed E-state index contributed by atoms with van der Waals surface area (Å²) >= 11 is 0. The molecule has 0 aromatic carbocycles. The number of nitrogens with zero attached hydrogens (tertiary/aromatic N) is 2. The molecule has 1 rings (SSSR count). The minimum absolute atomic E-state index is 0.0325. The molecule has 1 N–H and O–H groups in total. The van der Waals surface area contributed by atoms with Crippen molar-refractivity contribution in [1.29, 1.82) is 0 Å². The standard InChI is InChI=1S/C9H16N2O3/c1-9(2)5-10(3)7(12)4-11(6-9)8(13)14/h4-6H2,1-3H3,(H,13,14). The van der Waals surface area contributed by atoms with E-state index in [1.54, 1.807) is 11.9 Å². The molecule has 2 amide bonds. The third-order valence-corrected chi connectivity index (χ3v) is 2.31. The van der Waals surface area contributed by atoms with Crippen molar-refractivity contribution in [3.8, 4) is 0 Å². The van der Waals surface area contributed by atoms with Gasteiger partial charge in [0.2, 0.25) is 5.91 Å². The Labute approximate surface area is 83.3 Å². The van der Waals surface area contributed by atoms with Gasteiger partial charge in [-0.25, -0.2) is 4.79 Å². The van der Waals surface area contributed by atoms with E-state index in [0.717, 1.165) is 0 Å². The van der Waals surface area contributed by atoms with E-state index in [2.05, 4.69) is 0 Å². The van der Waals surface area contributed by atoms with Crippen molar-refractivity contribution in [3.63, 3.8) is 0 Å². The van der Waals surface area contributed by atoms with E-state index in [1.165, 1.54) is 4.90 Å². The first-order valence-corrected chi connectivity index (χ1v) is 4.54. The Morgan fingerprint density at radius 3 is 2.50 bits per heavy atom. The van der Waals surface area contributed by atoms with Crippen molar-refractivity contribution in [1.82, 2.24) is 9.80 Å². The largest absolute Gasteiger partial charge is 0.465 e. The molecule has 80 valence electrons. The third-order valence-electron chi connectivity index (χ3n) is 2.31. The molecule has 0 atom stereocenters. The predicted octanol–water partition coefficient (Wildman–Crippen LogP) is 0.465. The lowest BCUT2D eigenvalue weighted by Gasteiger charge is -2.28. The third kappa shape index (κ3) is 2.37. The summed E-state index contributed by atoms with van der Waals surface area (Å²) in [5.41, 5.74) is -0.181. The summed E-state index contributed by atoms with van der Waals surface area (Å²) < 4.78 is 0. The molecule has 1 fully saturated rings. The second kappa shape index (κ2) is 3.48. The average Bonchev–Trinajstić information content (AvgIpc) is 2.09. The molecule has 0 aromatic rings. The van der Waals surface area contributed by atoms with Gasteiger partial charge >= 0.3 is 6.09 Å². The lowest BCUT2D eigenvalue weighted by Crippen LogP contribution is -2.38. The smallest absolute Gasteiger partial charge is 0.407 e. The predicted molar refractivity (Wildman–Crippen MR) is 51.0 cm³/mol. The van der Waals surface area contributed by atoms with Crippen molar-refractivity contribution in [2.24, 2.45) is 5.41 Å². The van der Waals surface area contributed by atoms with Crippen LogP contribution in [0, 0.1) is 5.41 Å². The van der Waals surface area contributed by atoms with Crippen LogP contribution in [0.25, 0.3) is 0 Å². The van der Waals surface area contributed by atoms with Crippen LogP contribution in [0.15, 0.2) is 0 Å². The van der Waals surface area contributed by atoms with E-state index in [1.807, 2.05) is 13.8 Å². The molecular formula is C9H16N2O3. The van der Waals surface area contributed by atoms with Crippen LogP contribution in [0.2, 0.25) is 0 Å². The number of hydrogen-bond donors (Lipinski definition) is 1. The summed E-state index contributed by atoms with van der Waals surface area (Å²) in [5, 5.41) is 8.85. The fraction of sp³-hybridized carbons (Fsp3) is 0.778. The van der Waals surface area contributed by atoms with Gasteiger partial charge in [0.15, 0.2) is 0 Å². The normalized spacial score (nSPS) is 22.1. The van der Waals surface area contributed by atoms with E-state index in [4.69, 9.17) is 5.11 Å². The molecule has 5 heteroatoms. The van der Waals surface area contributed by atoms with Crippen LogP contribution in [0.1, 0.15) is 13.8 Å². The van der Waals surface area contributed by atoms with E-state index < -0.39 is 6.09 Å². The van der Waals surface area contributed by atoms with Gasteiger partial charge in [-0.15, -0.1) is 0 Å². The highest BCUT2D eigenvalue weighted by Crippen LogP contribution is 2.21. The first-order chi connectivity index (χ1) is 6.32. The first kappa shape index (κ1) is 10.8. The zero-order valence-corrected chi connectivity index (χ0v) is 8.78. The van der Waals surface area contributed by atoms with Gasteiger partial charge < -0.3 is 10.0 Å². The summed E-state index contributed by atoms with van der Waals surface area (Å²) in [7, 11) is 1.70. The number of likely N-dealkylation sites (N-methyl/N-ethyl adjacent to an activating group) is 1. The molecule has 1 aliphatic heterocycles. The lowest BCUT2D eigenvalue weighted by molar-refractivity contribution is -0.130. The van der Waals surface area contributed by atoms with Gasteiger partial charge in [0.25, 0.3) is 0 Å². The fourth-order valence-corrected chi connectivity index (χ4v) is 1.77. The van der Waals surface area contributed by atoms with Crippen LogP contribution in [-0.4, -0.2) is 53.6 Å². The number of amides is 2. The molecule has 1 aliphatic rings. The van der Waals surface area contributed by atoms with E-state index in [9.17, 15) is 9.59 Å². The van der Waals surface area contributed by atoms with Crippen LogP contribution in [0.3, 0.4) is 0 Å². The van der Waals surface area contributed by atoms with Crippen LogP contribution < -0.4 is 0 Å². The molecule has 0 aromatic heterocycles. The molecular weight excluding hydrogens is 184 g/mol. The highest BCUT2D eigenvalue weighted by molar-refractivity contribution is 5.82. The van der Waals surface area contributed by atoms with Gasteiger partial charge in [-0.2, -0.15) is 0 Å². The zero-order chi connectivity index (χ0) is 10.9. The number of carboxylic acid groups (broad SMARTS) is 1. The molecule has 1 heterocycles. The van der Waals surface area contributed by atoms with Crippen molar-refractivity contribution >= 4 is 12.0 Å². The summed E-state index contributed by atoms with van der Waals surface area (Å²) in [6, 6.07) is 0. The van der Waals surface area contributed by atoms with E-state index >= 15 is 0 Å². The Morgan fingerprint density at radius 1 is 1.43 bits per heavy atom. The molecule has 1 saturated heterocycles. The van der Waals surface area contributed by atoms with Crippen molar-refractivity contribution < 1.29 is 14.7 Å². The minimum Gasteiger partial charge on any atom is -0.465 e. The molecule has 0 bridgehead atoms. The van der Waals surface area contributed by atoms with E-state index in [0.29, 0.717) is 13.1 Å². The molecule has 0 spiro atoms. The quantitative estimate of drug-likeness (QED) is 0.618. The zero-order valence-electron chi connectivity index (χ0n) is 8.78. The highest BCUT2D eigenvalue weighted by Gasteiger charge is 2.32. The molecule has 14 heavy (non-hydrogen) atoms. The molecule has 5 nitrogen and oxygen atoms in total. The Balaban J connectivity index is 2.84. The lowest BCUT2D eigenvalue weighted by atomic mass is 9.93. The first-order valence-electron chi connectivity index (χ1n) is 4.54. The molecule has 0 radical (unpaired) electrons. The van der Waals surface area contributed by atoms with Crippen molar-refractivity contribution in [3.05, 3.63) is 0 Å². The number of carbonyl (C=O) groups excluding carboxylic acids is 1. The Kier molecular flexibility index (Phi) is 2.69. The highest BCUT2D eigenvalue weighted by atomic mass is 16.4. The Bertz CT molecular complexity index is 263. The maximum Gasteiger partial charge on any atom is 0.407 e. The van der Waals surface area contributed by atoms with Crippen molar-refractivity contribution in [2.75, 3.05) is 26.7 Å². The van der Waals surface area contributed by atoms with Crippen LogP contribution in [-0.2, 0) is 4.79 Å². The number of rotatable bonds is 0. The SMILES string of the molecule is CN1CC(C)(C)CN(C(=O)O)CC1=O. The summed E-state index contributed by atoms with van der Waals surface area (Å²) in [5.74, 6) is -0.141. The number of hydrogen-bond acceptors (Lipinski definition) is 2. The fourth-order valence-electron chi connectivity index (χ4n) is 1.77. The summed E-state index contributed by atoms with van der Waals surface area (Å²) in [6.45, 7) is 4.87. The summed E-state index contributed by atoms with van der Waals surface area (Å²) in [6.07, 6.45) is -1.03. The van der Waals surface area contributed by atoms with Crippen LogP contribution >= 0.6 is 0 Å². The Hall–Kier alpha value is -1.26. The molecule has 0 unspecified atom stereocenters. The topological polar surface area (TPSA) is 60.9 Å². The average molecular weight is 200 g/mol. The van der Waals surface area contributed by atoms with E-state index in [-0.39, 0.29) is 17.9 Å². The molecule has 0 aliphatic carbocycles. The summed E-state index contributed by atoms with van der Waals surface area (Å²) in [4.78, 5) is 25.0. The second-order valence-corrected chi connectivity index (χ2v) is 4.55. The van der Waals surface area contributed by atoms with Gasteiger partial charge in [-0.1, -0.05) is 13.8 Å². The maximum atomic E-state index is 11.4. The minimum atomic E-state index is -1.03. The van der Waals surface area contributed by atoms with Gasteiger partial charge in [-0.05, 0) is 0 Å². The van der Waals surface area contributed by atoms with Crippen LogP contribution in [0.4, 0.5) is 4.79 Å². The molecule has 0 saturated carbocycles. The number of carbonyl (C=O) groups is 2. The van der Waals surface area contributed by atoms with Crippen LogP contribution in [0.5, 0.6) is 0 Å². The van der Waals surface area contributed by atoms with Gasteiger partial charge in [-0.3, -0.25) is 9.69 Å². The van der Waals surface area contributed by atoms with Gasteiger partial charge in [0, 0.05) is 25.6 Å². The van der Waals surface area contributed by atoms with Crippen molar-refractivity contribution in [2.45, 2.75) is 13.8 Å². The van der Waals surface area contributed by atoms with Gasteiger partial charge in [0.05, 0.1) is 0 Å². The van der Waals surface area contributed by atoms with Gasteiger partial charge in [0.1, 0.15) is 6.54 Å². The monoisotopic (exact) mass is 200 g/mol.